The Balaban J connectivity index is 2.19. The Morgan fingerprint density at radius 3 is 2.67 bits per heavy atom. The number of methoxy groups -OCH3 is 2. The van der Waals surface area contributed by atoms with E-state index in [0.717, 1.165) is 10.0 Å². The Hall–Kier alpha value is -1.76. The maximum Gasteiger partial charge on any atom is 0.308 e. The summed E-state index contributed by atoms with van der Waals surface area (Å²) in [5, 5.41) is 8.99. The molecule has 1 saturated heterocycles. The van der Waals surface area contributed by atoms with E-state index in [-0.39, 0.29) is 18.9 Å². The Morgan fingerprint density at radius 2 is 2.14 bits per heavy atom. The summed E-state index contributed by atoms with van der Waals surface area (Å²) in [7, 11) is 3.08. The SMILES string of the molecule is COc1cc(CN2C[C@H](C(=O)O)CC2=O)cc(Br)c1OC. The molecule has 0 saturated carbocycles. The van der Waals surface area contributed by atoms with Gasteiger partial charge in [-0.1, -0.05) is 0 Å². The molecule has 1 aromatic carbocycles. The molecular weight excluding hydrogens is 342 g/mol. The Bertz CT molecular complexity index is 575. The molecule has 0 aromatic heterocycles. The smallest absolute Gasteiger partial charge is 0.308 e. The maximum absolute atomic E-state index is 11.9. The summed E-state index contributed by atoms with van der Waals surface area (Å²) in [6, 6.07) is 3.62. The molecule has 7 heteroatoms. The van der Waals surface area contributed by atoms with Crippen LogP contribution in [-0.4, -0.2) is 42.6 Å². The van der Waals surface area contributed by atoms with Gasteiger partial charge in [0, 0.05) is 19.5 Å². The third-order valence-corrected chi connectivity index (χ3v) is 4.02. The Morgan fingerprint density at radius 1 is 1.43 bits per heavy atom. The topological polar surface area (TPSA) is 76.1 Å². The van der Waals surface area contributed by atoms with Crippen LogP contribution < -0.4 is 9.47 Å². The molecule has 0 radical (unpaired) electrons. The second-order valence-corrected chi connectivity index (χ2v) is 5.68. The molecule has 1 aliphatic rings. The lowest BCUT2D eigenvalue weighted by Gasteiger charge is -2.18. The number of halogens is 1. The molecule has 114 valence electrons. The van der Waals surface area contributed by atoms with E-state index in [0.29, 0.717) is 18.0 Å². The number of hydrogen-bond acceptors (Lipinski definition) is 4. The van der Waals surface area contributed by atoms with Gasteiger partial charge in [-0.3, -0.25) is 9.59 Å². The molecule has 1 amide bonds. The van der Waals surface area contributed by atoms with Gasteiger partial charge in [0.15, 0.2) is 11.5 Å². The fraction of sp³-hybridized carbons (Fsp3) is 0.429. The zero-order chi connectivity index (χ0) is 15.6. The van der Waals surface area contributed by atoms with Gasteiger partial charge in [0.2, 0.25) is 5.91 Å². The molecule has 1 N–H and O–H groups in total. The number of benzene rings is 1. The van der Waals surface area contributed by atoms with Crippen molar-refractivity contribution in [2.75, 3.05) is 20.8 Å². The Labute approximate surface area is 130 Å². The van der Waals surface area contributed by atoms with Crippen molar-refractivity contribution < 1.29 is 24.2 Å². The van der Waals surface area contributed by atoms with E-state index in [9.17, 15) is 9.59 Å². The van der Waals surface area contributed by atoms with Gasteiger partial charge in [0.1, 0.15) is 0 Å². The van der Waals surface area contributed by atoms with E-state index in [1.165, 1.54) is 7.11 Å². The minimum atomic E-state index is -0.931. The van der Waals surface area contributed by atoms with Gasteiger partial charge in [-0.05, 0) is 33.6 Å². The zero-order valence-electron chi connectivity index (χ0n) is 11.8. The number of carbonyl (C=O) groups excluding carboxylic acids is 1. The summed E-state index contributed by atoms with van der Waals surface area (Å²) in [4.78, 5) is 24.4. The van der Waals surface area contributed by atoms with Gasteiger partial charge in [-0.15, -0.1) is 0 Å². The van der Waals surface area contributed by atoms with Crippen molar-refractivity contribution in [1.82, 2.24) is 4.90 Å². The van der Waals surface area contributed by atoms with E-state index < -0.39 is 11.9 Å². The van der Waals surface area contributed by atoms with Gasteiger partial charge < -0.3 is 19.5 Å². The maximum atomic E-state index is 11.9. The van der Waals surface area contributed by atoms with Gasteiger partial charge in [-0.25, -0.2) is 0 Å². The van der Waals surface area contributed by atoms with Crippen LogP contribution in [0.25, 0.3) is 0 Å². The van der Waals surface area contributed by atoms with E-state index in [4.69, 9.17) is 14.6 Å². The van der Waals surface area contributed by atoms with E-state index >= 15 is 0 Å². The van der Waals surface area contributed by atoms with Crippen molar-refractivity contribution in [3.8, 4) is 11.5 Å². The minimum absolute atomic E-state index is 0.0593. The summed E-state index contributed by atoms with van der Waals surface area (Å²) in [5.74, 6) is -0.561. The van der Waals surface area contributed by atoms with Crippen LogP contribution in [0.2, 0.25) is 0 Å². The first-order chi connectivity index (χ1) is 9.96. The highest BCUT2D eigenvalue weighted by molar-refractivity contribution is 9.10. The van der Waals surface area contributed by atoms with Gasteiger partial charge in [0.25, 0.3) is 0 Å². The third-order valence-electron chi connectivity index (χ3n) is 3.43. The largest absolute Gasteiger partial charge is 0.493 e. The van der Waals surface area contributed by atoms with Crippen LogP contribution in [0.3, 0.4) is 0 Å². The van der Waals surface area contributed by atoms with Crippen molar-refractivity contribution >= 4 is 27.8 Å². The summed E-state index contributed by atoms with van der Waals surface area (Å²) in [5.41, 5.74) is 0.846. The van der Waals surface area contributed by atoms with Crippen LogP contribution in [0.4, 0.5) is 0 Å². The number of carbonyl (C=O) groups is 2. The average Bonchev–Trinajstić information content (AvgIpc) is 2.79. The Kier molecular flexibility index (Phi) is 4.72. The lowest BCUT2D eigenvalue weighted by molar-refractivity contribution is -0.141. The summed E-state index contributed by atoms with van der Waals surface area (Å²) in [6.45, 7) is 0.585. The molecule has 6 nitrogen and oxygen atoms in total. The first kappa shape index (κ1) is 15.6. The summed E-state index contributed by atoms with van der Waals surface area (Å²) >= 11 is 3.40. The number of aliphatic carboxylic acids is 1. The number of nitrogens with zero attached hydrogens (tertiary/aromatic N) is 1. The second-order valence-electron chi connectivity index (χ2n) is 4.83. The van der Waals surface area contributed by atoms with Crippen molar-refractivity contribution in [3.63, 3.8) is 0 Å². The highest BCUT2D eigenvalue weighted by Gasteiger charge is 2.34. The summed E-state index contributed by atoms with van der Waals surface area (Å²) < 4.78 is 11.2. The first-order valence-corrected chi connectivity index (χ1v) is 7.16. The first-order valence-electron chi connectivity index (χ1n) is 6.37. The fourth-order valence-corrected chi connectivity index (χ4v) is 3.02. The molecule has 0 aliphatic carbocycles. The number of carboxylic acid groups (broad SMARTS) is 1. The van der Waals surface area contributed by atoms with Gasteiger partial charge in [-0.2, -0.15) is 0 Å². The predicted octanol–water partition coefficient (Wildman–Crippen LogP) is 1.90. The summed E-state index contributed by atoms with van der Waals surface area (Å²) in [6.07, 6.45) is 0.0593. The molecule has 1 aromatic rings. The lowest BCUT2D eigenvalue weighted by Crippen LogP contribution is -2.25. The molecule has 21 heavy (non-hydrogen) atoms. The van der Waals surface area contributed by atoms with Crippen molar-refractivity contribution in [1.29, 1.82) is 0 Å². The molecule has 0 unspecified atom stereocenters. The van der Waals surface area contributed by atoms with Crippen molar-refractivity contribution in [2.24, 2.45) is 5.92 Å². The molecule has 1 aliphatic heterocycles. The second kappa shape index (κ2) is 6.34. The number of likely N-dealkylation sites (tertiary alicyclic amines) is 1. The van der Waals surface area contributed by atoms with Crippen LogP contribution in [0.15, 0.2) is 16.6 Å². The number of carboxylic acids is 1. The minimum Gasteiger partial charge on any atom is -0.493 e. The number of ether oxygens (including phenoxy) is 2. The van der Waals surface area contributed by atoms with Crippen LogP contribution in [-0.2, 0) is 16.1 Å². The van der Waals surface area contributed by atoms with Gasteiger partial charge in [0.05, 0.1) is 24.6 Å². The van der Waals surface area contributed by atoms with Crippen LogP contribution >= 0.6 is 15.9 Å². The van der Waals surface area contributed by atoms with E-state index in [2.05, 4.69) is 15.9 Å². The number of hydrogen-bond donors (Lipinski definition) is 1. The van der Waals surface area contributed by atoms with Crippen LogP contribution in [0.5, 0.6) is 11.5 Å². The molecule has 1 heterocycles. The van der Waals surface area contributed by atoms with Gasteiger partial charge >= 0.3 is 5.97 Å². The van der Waals surface area contributed by atoms with Crippen molar-refractivity contribution in [2.45, 2.75) is 13.0 Å². The van der Waals surface area contributed by atoms with Crippen LogP contribution in [0.1, 0.15) is 12.0 Å². The van der Waals surface area contributed by atoms with Crippen molar-refractivity contribution in [3.05, 3.63) is 22.2 Å². The molecule has 0 spiro atoms. The quantitative estimate of drug-likeness (QED) is 0.870. The molecule has 1 fully saturated rings. The lowest BCUT2D eigenvalue weighted by atomic mass is 10.1. The van der Waals surface area contributed by atoms with E-state index in [1.54, 1.807) is 18.1 Å². The normalized spacial score (nSPS) is 18.0. The number of rotatable bonds is 5. The average molecular weight is 358 g/mol. The molecule has 1 atom stereocenters. The highest BCUT2D eigenvalue weighted by Crippen LogP contribution is 2.37. The molecular formula is C14H16BrNO5. The van der Waals surface area contributed by atoms with Crippen LogP contribution in [0, 0.1) is 5.92 Å². The monoisotopic (exact) mass is 357 g/mol. The predicted molar refractivity (Wildman–Crippen MR) is 78.4 cm³/mol. The van der Waals surface area contributed by atoms with E-state index in [1.807, 2.05) is 6.07 Å². The molecule has 2 rings (SSSR count). The standard InChI is InChI=1S/C14H16BrNO5/c1-20-11-4-8(3-10(15)13(11)21-2)6-16-7-9(14(18)19)5-12(16)17/h3-4,9H,5-7H2,1-2H3,(H,18,19)/t9-/m1/s1. The molecule has 0 bridgehead atoms. The third kappa shape index (κ3) is 3.29. The fourth-order valence-electron chi connectivity index (χ4n) is 2.37. The highest BCUT2D eigenvalue weighted by atomic mass is 79.9. The number of amides is 1. The zero-order valence-corrected chi connectivity index (χ0v) is 13.3.